The highest BCUT2D eigenvalue weighted by Gasteiger charge is 2.28. The van der Waals surface area contributed by atoms with E-state index in [2.05, 4.69) is 22.9 Å². The Morgan fingerprint density at radius 2 is 1.96 bits per heavy atom. The van der Waals surface area contributed by atoms with E-state index in [9.17, 15) is 0 Å². The second-order valence-corrected chi connectivity index (χ2v) is 6.57. The van der Waals surface area contributed by atoms with Crippen LogP contribution in [0.5, 0.6) is 0 Å². The molecule has 25 heavy (non-hydrogen) atoms. The Bertz CT molecular complexity index is 868. The van der Waals surface area contributed by atoms with E-state index in [1.54, 1.807) is 13.3 Å². The van der Waals surface area contributed by atoms with Crippen molar-refractivity contribution in [2.75, 3.05) is 18.6 Å². The third kappa shape index (κ3) is 3.07. The number of nitrogens with zero attached hydrogens (tertiary/aromatic N) is 4. The van der Waals surface area contributed by atoms with Crippen LogP contribution < -0.4 is 4.90 Å². The van der Waals surface area contributed by atoms with Crippen LogP contribution in [-0.4, -0.2) is 40.8 Å². The number of hydrogen-bond acceptors (Lipinski definition) is 5. The Morgan fingerprint density at radius 3 is 2.76 bits per heavy atom. The van der Waals surface area contributed by atoms with Gasteiger partial charge in [-0.25, -0.2) is 9.97 Å². The fourth-order valence-electron chi connectivity index (χ4n) is 3.46. The number of fused-ring (bicyclic) bond motifs is 1. The van der Waals surface area contributed by atoms with Crippen LogP contribution >= 0.6 is 0 Å². The summed E-state index contributed by atoms with van der Waals surface area (Å²) < 4.78 is 5.62. The molecule has 0 radical (unpaired) electrons. The zero-order chi connectivity index (χ0) is 17.2. The zero-order valence-electron chi connectivity index (χ0n) is 14.6. The Morgan fingerprint density at radius 1 is 1.08 bits per heavy atom. The third-order valence-corrected chi connectivity index (χ3v) is 4.95. The molecule has 128 valence electrons. The monoisotopic (exact) mass is 334 g/mol. The van der Waals surface area contributed by atoms with Crippen LogP contribution in [0.15, 0.2) is 48.8 Å². The van der Waals surface area contributed by atoms with E-state index in [1.807, 2.05) is 36.5 Å². The van der Waals surface area contributed by atoms with E-state index in [4.69, 9.17) is 14.7 Å². The molecule has 0 aliphatic carbocycles. The fraction of sp³-hybridized carbons (Fsp3) is 0.350. The quantitative estimate of drug-likeness (QED) is 0.731. The lowest BCUT2D eigenvalue weighted by Crippen LogP contribution is -2.45. The van der Waals surface area contributed by atoms with Gasteiger partial charge in [-0.3, -0.25) is 4.98 Å². The molecule has 0 amide bonds. The van der Waals surface area contributed by atoms with Gasteiger partial charge >= 0.3 is 0 Å². The Labute approximate surface area is 147 Å². The summed E-state index contributed by atoms with van der Waals surface area (Å²) in [5.41, 5.74) is 1.89. The molecule has 2 atom stereocenters. The highest BCUT2D eigenvalue weighted by atomic mass is 16.5. The van der Waals surface area contributed by atoms with E-state index < -0.39 is 0 Å². The van der Waals surface area contributed by atoms with Crippen molar-refractivity contribution in [1.82, 2.24) is 15.0 Å². The van der Waals surface area contributed by atoms with Crippen LogP contribution in [0.1, 0.15) is 19.8 Å². The molecule has 0 spiro atoms. The number of pyridine rings is 1. The molecule has 5 heteroatoms. The van der Waals surface area contributed by atoms with Gasteiger partial charge in [-0.2, -0.15) is 0 Å². The smallest absolute Gasteiger partial charge is 0.163 e. The summed E-state index contributed by atoms with van der Waals surface area (Å²) in [5, 5.41) is 1.08. The molecule has 4 rings (SSSR count). The van der Waals surface area contributed by atoms with Crippen molar-refractivity contribution in [3.05, 3.63) is 48.8 Å². The number of hydrogen-bond donors (Lipinski definition) is 0. The van der Waals surface area contributed by atoms with Crippen LogP contribution in [0.3, 0.4) is 0 Å². The summed E-state index contributed by atoms with van der Waals surface area (Å²) in [7, 11) is 1.79. The van der Waals surface area contributed by atoms with Crippen LogP contribution in [0.25, 0.3) is 22.3 Å². The van der Waals surface area contributed by atoms with E-state index in [0.717, 1.165) is 41.7 Å². The van der Waals surface area contributed by atoms with Gasteiger partial charge in [0, 0.05) is 43.0 Å². The largest absolute Gasteiger partial charge is 0.380 e. The topological polar surface area (TPSA) is 51.1 Å². The molecule has 2 aromatic heterocycles. The number of aromatic nitrogens is 3. The lowest BCUT2D eigenvalue weighted by Gasteiger charge is -2.38. The van der Waals surface area contributed by atoms with Gasteiger partial charge in [0.2, 0.25) is 0 Å². The number of methoxy groups -OCH3 is 1. The summed E-state index contributed by atoms with van der Waals surface area (Å²) in [6.45, 7) is 3.11. The minimum absolute atomic E-state index is 0.242. The molecule has 0 bridgehead atoms. The van der Waals surface area contributed by atoms with Gasteiger partial charge in [0.15, 0.2) is 5.82 Å². The number of rotatable bonds is 3. The van der Waals surface area contributed by atoms with Crippen LogP contribution in [0, 0.1) is 0 Å². The first-order chi connectivity index (χ1) is 12.3. The predicted octanol–water partition coefficient (Wildman–Crippen LogP) is 3.70. The molecule has 3 heterocycles. The van der Waals surface area contributed by atoms with Gasteiger partial charge in [0.25, 0.3) is 0 Å². The maximum absolute atomic E-state index is 5.62. The first-order valence-electron chi connectivity index (χ1n) is 8.73. The highest BCUT2D eigenvalue weighted by Crippen LogP contribution is 2.31. The standard InChI is InChI=1S/C20H22N4O/c1-14-9-10-16(25-2)13-24(14)20-17-7-3-4-8-18(17)22-19(23-20)15-6-5-11-21-12-15/h3-8,11-12,14,16H,9-10,13H2,1-2H3. The number of ether oxygens (including phenoxy) is 1. The summed E-state index contributed by atoms with van der Waals surface area (Å²) in [6, 6.07) is 12.5. The van der Waals surface area contributed by atoms with Crippen molar-refractivity contribution >= 4 is 16.7 Å². The third-order valence-electron chi connectivity index (χ3n) is 4.95. The second kappa shape index (κ2) is 6.76. The van der Waals surface area contributed by atoms with Crippen molar-refractivity contribution in [2.24, 2.45) is 0 Å². The van der Waals surface area contributed by atoms with Gasteiger partial charge in [-0.15, -0.1) is 0 Å². The van der Waals surface area contributed by atoms with Crippen molar-refractivity contribution in [2.45, 2.75) is 31.9 Å². The molecule has 0 saturated carbocycles. The molecule has 1 aliphatic heterocycles. The number of para-hydroxylation sites is 1. The molecule has 1 fully saturated rings. The van der Waals surface area contributed by atoms with Crippen LogP contribution in [0.2, 0.25) is 0 Å². The van der Waals surface area contributed by atoms with Crippen LogP contribution in [0.4, 0.5) is 5.82 Å². The molecule has 0 N–H and O–H groups in total. The maximum Gasteiger partial charge on any atom is 0.163 e. The molecule has 3 aromatic rings. The molecular weight excluding hydrogens is 312 g/mol. The molecular formula is C20H22N4O. The summed E-state index contributed by atoms with van der Waals surface area (Å²) >= 11 is 0. The van der Waals surface area contributed by atoms with E-state index in [1.165, 1.54) is 0 Å². The molecule has 5 nitrogen and oxygen atoms in total. The normalized spacial score (nSPS) is 20.8. The molecule has 1 saturated heterocycles. The summed E-state index contributed by atoms with van der Waals surface area (Å²) in [5.74, 6) is 1.70. The predicted molar refractivity (Wildman–Crippen MR) is 99.6 cm³/mol. The first kappa shape index (κ1) is 16.0. The average molecular weight is 334 g/mol. The SMILES string of the molecule is COC1CCC(C)N(c2nc(-c3cccnc3)nc3ccccc23)C1. The van der Waals surface area contributed by atoms with Gasteiger partial charge in [-0.05, 0) is 44.0 Å². The second-order valence-electron chi connectivity index (χ2n) is 6.57. The minimum atomic E-state index is 0.242. The Balaban J connectivity index is 1.86. The van der Waals surface area contributed by atoms with Crippen molar-refractivity contribution in [3.63, 3.8) is 0 Å². The molecule has 1 aromatic carbocycles. The number of anilines is 1. The summed E-state index contributed by atoms with van der Waals surface area (Å²) in [4.78, 5) is 16.3. The average Bonchev–Trinajstić information content (AvgIpc) is 2.68. The van der Waals surface area contributed by atoms with Gasteiger partial charge < -0.3 is 9.64 Å². The first-order valence-corrected chi connectivity index (χ1v) is 8.73. The van der Waals surface area contributed by atoms with E-state index >= 15 is 0 Å². The van der Waals surface area contributed by atoms with Gasteiger partial charge in [-0.1, -0.05) is 12.1 Å². The van der Waals surface area contributed by atoms with Crippen LogP contribution in [-0.2, 0) is 4.74 Å². The maximum atomic E-state index is 5.62. The highest BCUT2D eigenvalue weighted by molar-refractivity contribution is 5.91. The molecule has 1 aliphatic rings. The Kier molecular flexibility index (Phi) is 4.32. The van der Waals surface area contributed by atoms with Crippen molar-refractivity contribution < 1.29 is 4.74 Å². The Hall–Kier alpha value is -2.53. The van der Waals surface area contributed by atoms with Gasteiger partial charge in [0.1, 0.15) is 5.82 Å². The zero-order valence-corrected chi connectivity index (χ0v) is 14.6. The van der Waals surface area contributed by atoms with Crippen molar-refractivity contribution in [1.29, 1.82) is 0 Å². The summed E-state index contributed by atoms with van der Waals surface area (Å²) in [6.07, 6.45) is 6.00. The van der Waals surface area contributed by atoms with Crippen molar-refractivity contribution in [3.8, 4) is 11.4 Å². The van der Waals surface area contributed by atoms with E-state index in [-0.39, 0.29) is 6.10 Å². The van der Waals surface area contributed by atoms with Gasteiger partial charge in [0.05, 0.1) is 11.6 Å². The molecule has 2 unspecified atom stereocenters. The number of benzene rings is 1. The number of piperidine rings is 1. The minimum Gasteiger partial charge on any atom is -0.380 e. The lowest BCUT2D eigenvalue weighted by molar-refractivity contribution is 0.0827. The lowest BCUT2D eigenvalue weighted by atomic mass is 10.0. The van der Waals surface area contributed by atoms with E-state index in [0.29, 0.717) is 11.9 Å². The fourth-order valence-corrected chi connectivity index (χ4v) is 3.46.